The third kappa shape index (κ3) is 2.40. The number of nitrogens with two attached hydrogens (primary N) is 1. The van der Waals surface area contributed by atoms with E-state index in [-0.39, 0.29) is 5.78 Å². The second-order valence-electron chi connectivity index (χ2n) is 2.45. The molecule has 0 aliphatic carbocycles. The van der Waals surface area contributed by atoms with Gasteiger partial charge in [-0.3, -0.25) is 4.79 Å². The summed E-state index contributed by atoms with van der Waals surface area (Å²) in [5, 5.41) is 3.78. The maximum atomic E-state index is 11.4. The molecule has 12 heavy (non-hydrogen) atoms. The van der Waals surface area contributed by atoms with Gasteiger partial charge in [0.1, 0.15) is 0 Å². The highest BCUT2D eigenvalue weighted by Gasteiger charge is 2.09. The largest absolute Gasteiger partial charge is 0.330 e. The molecule has 4 heteroatoms. The standard InChI is InChI=1S/C8H10BrNOS/c9-7-5-12-4-6(7)8(11)2-1-3-10/h4-5H,1-3,10H2. The first kappa shape index (κ1) is 9.89. The lowest BCUT2D eigenvalue weighted by Gasteiger charge is -1.96. The lowest BCUT2D eigenvalue weighted by Crippen LogP contribution is -2.04. The Morgan fingerprint density at radius 3 is 2.83 bits per heavy atom. The van der Waals surface area contributed by atoms with Gasteiger partial charge in [0.15, 0.2) is 5.78 Å². The molecular formula is C8H10BrNOS. The van der Waals surface area contributed by atoms with Gasteiger partial charge < -0.3 is 5.73 Å². The molecule has 2 nitrogen and oxygen atoms in total. The van der Waals surface area contributed by atoms with Crippen molar-refractivity contribution >= 4 is 33.0 Å². The van der Waals surface area contributed by atoms with E-state index in [1.807, 2.05) is 10.8 Å². The van der Waals surface area contributed by atoms with Crippen LogP contribution in [0.25, 0.3) is 0 Å². The van der Waals surface area contributed by atoms with Gasteiger partial charge in [0.25, 0.3) is 0 Å². The molecule has 0 amide bonds. The molecule has 0 bridgehead atoms. The molecule has 0 fully saturated rings. The van der Waals surface area contributed by atoms with Crippen LogP contribution in [0.2, 0.25) is 0 Å². The Hall–Kier alpha value is -0.190. The summed E-state index contributed by atoms with van der Waals surface area (Å²) in [7, 11) is 0. The Labute approximate surface area is 83.9 Å². The molecule has 2 N–H and O–H groups in total. The van der Waals surface area contributed by atoms with E-state index in [0.717, 1.165) is 16.5 Å². The molecule has 0 saturated carbocycles. The van der Waals surface area contributed by atoms with Crippen LogP contribution in [0.5, 0.6) is 0 Å². The molecule has 66 valence electrons. The van der Waals surface area contributed by atoms with Crippen LogP contribution in [-0.2, 0) is 0 Å². The first-order chi connectivity index (χ1) is 5.75. The summed E-state index contributed by atoms with van der Waals surface area (Å²) >= 11 is 4.85. The van der Waals surface area contributed by atoms with E-state index in [4.69, 9.17) is 5.73 Å². The van der Waals surface area contributed by atoms with Gasteiger partial charge in [-0.15, -0.1) is 0 Å². The fourth-order valence-electron chi connectivity index (χ4n) is 0.878. The minimum atomic E-state index is 0.175. The molecule has 0 unspecified atom stereocenters. The topological polar surface area (TPSA) is 43.1 Å². The number of thiophene rings is 1. The first-order valence-electron chi connectivity index (χ1n) is 3.70. The van der Waals surface area contributed by atoms with E-state index in [1.165, 1.54) is 11.3 Å². The van der Waals surface area contributed by atoms with Crippen molar-refractivity contribution in [3.63, 3.8) is 0 Å². The highest BCUT2D eigenvalue weighted by molar-refractivity contribution is 9.10. The molecule has 0 aliphatic heterocycles. The van der Waals surface area contributed by atoms with Gasteiger partial charge in [-0.2, -0.15) is 11.3 Å². The minimum Gasteiger partial charge on any atom is -0.330 e. The summed E-state index contributed by atoms with van der Waals surface area (Å²) in [6, 6.07) is 0. The highest BCUT2D eigenvalue weighted by atomic mass is 79.9. The Morgan fingerprint density at radius 1 is 1.58 bits per heavy atom. The molecule has 0 spiro atoms. The number of carbonyl (C=O) groups is 1. The molecule has 0 radical (unpaired) electrons. The summed E-state index contributed by atoms with van der Waals surface area (Å²) in [5.74, 6) is 0.175. The lowest BCUT2D eigenvalue weighted by molar-refractivity contribution is 0.0980. The maximum absolute atomic E-state index is 11.4. The molecule has 1 rings (SSSR count). The smallest absolute Gasteiger partial charge is 0.164 e. The van der Waals surface area contributed by atoms with Crippen LogP contribution in [0.3, 0.4) is 0 Å². The monoisotopic (exact) mass is 247 g/mol. The van der Waals surface area contributed by atoms with E-state index in [9.17, 15) is 4.79 Å². The van der Waals surface area contributed by atoms with E-state index in [1.54, 1.807) is 0 Å². The van der Waals surface area contributed by atoms with Gasteiger partial charge in [-0.25, -0.2) is 0 Å². The number of carbonyl (C=O) groups excluding carboxylic acids is 1. The van der Waals surface area contributed by atoms with Crippen molar-refractivity contribution in [3.05, 3.63) is 20.8 Å². The number of hydrogen-bond acceptors (Lipinski definition) is 3. The minimum absolute atomic E-state index is 0.175. The predicted octanol–water partition coefficient (Wildman–Crippen LogP) is 2.43. The van der Waals surface area contributed by atoms with Gasteiger partial charge in [-0.05, 0) is 28.9 Å². The molecular weight excluding hydrogens is 238 g/mol. The van der Waals surface area contributed by atoms with Crippen molar-refractivity contribution in [2.75, 3.05) is 6.54 Å². The van der Waals surface area contributed by atoms with Crippen LogP contribution < -0.4 is 5.73 Å². The maximum Gasteiger partial charge on any atom is 0.164 e. The summed E-state index contributed by atoms with van der Waals surface area (Å²) < 4.78 is 0.898. The number of ketones is 1. The molecule has 1 aromatic heterocycles. The third-order valence-corrected chi connectivity index (χ3v) is 3.23. The number of halogens is 1. The van der Waals surface area contributed by atoms with Crippen LogP contribution >= 0.6 is 27.3 Å². The van der Waals surface area contributed by atoms with Crippen molar-refractivity contribution < 1.29 is 4.79 Å². The van der Waals surface area contributed by atoms with Gasteiger partial charge in [0, 0.05) is 27.2 Å². The van der Waals surface area contributed by atoms with Crippen molar-refractivity contribution in [3.8, 4) is 0 Å². The number of rotatable bonds is 4. The fourth-order valence-corrected chi connectivity index (χ4v) is 2.40. The Balaban J connectivity index is 2.59. The SMILES string of the molecule is NCCCC(=O)c1cscc1Br. The van der Waals surface area contributed by atoms with E-state index >= 15 is 0 Å². The van der Waals surface area contributed by atoms with Gasteiger partial charge in [0.05, 0.1) is 0 Å². The van der Waals surface area contributed by atoms with E-state index in [0.29, 0.717) is 13.0 Å². The molecule has 1 aromatic rings. The quantitative estimate of drug-likeness (QED) is 0.831. The predicted molar refractivity (Wildman–Crippen MR) is 54.6 cm³/mol. The number of hydrogen-bond donors (Lipinski definition) is 1. The van der Waals surface area contributed by atoms with Crippen molar-refractivity contribution in [1.29, 1.82) is 0 Å². The zero-order valence-electron chi connectivity index (χ0n) is 6.55. The van der Waals surface area contributed by atoms with Crippen LogP contribution in [0.15, 0.2) is 15.2 Å². The Morgan fingerprint density at radius 2 is 2.33 bits per heavy atom. The summed E-state index contributed by atoms with van der Waals surface area (Å²) in [6.45, 7) is 0.577. The zero-order valence-corrected chi connectivity index (χ0v) is 8.95. The fraction of sp³-hybridized carbons (Fsp3) is 0.375. The summed E-state index contributed by atoms with van der Waals surface area (Å²) in [4.78, 5) is 11.4. The van der Waals surface area contributed by atoms with Gasteiger partial charge in [0.2, 0.25) is 0 Å². The summed E-state index contributed by atoms with van der Waals surface area (Å²) in [5.41, 5.74) is 6.09. The van der Waals surface area contributed by atoms with Crippen molar-refractivity contribution in [2.24, 2.45) is 5.73 Å². The average Bonchev–Trinajstić information content (AvgIpc) is 2.47. The molecule has 0 saturated heterocycles. The Kier molecular flexibility index (Phi) is 3.91. The third-order valence-electron chi connectivity index (χ3n) is 1.52. The second kappa shape index (κ2) is 4.74. The molecule has 1 heterocycles. The summed E-state index contributed by atoms with van der Waals surface area (Å²) in [6.07, 6.45) is 1.31. The first-order valence-corrected chi connectivity index (χ1v) is 5.44. The molecule has 0 aliphatic rings. The normalized spacial score (nSPS) is 10.2. The number of Topliss-reactive ketones (excluding diaryl/α,β-unsaturated/α-hetero) is 1. The van der Waals surface area contributed by atoms with Crippen LogP contribution in [0.1, 0.15) is 23.2 Å². The highest BCUT2D eigenvalue weighted by Crippen LogP contribution is 2.22. The Bertz CT molecular complexity index is 272. The van der Waals surface area contributed by atoms with Crippen LogP contribution in [0.4, 0.5) is 0 Å². The van der Waals surface area contributed by atoms with E-state index < -0.39 is 0 Å². The zero-order chi connectivity index (χ0) is 8.97. The van der Waals surface area contributed by atoms with Crippen LogP contribution in [-0.4, -0.2) is 12.3 Å². The van der Waals surface area contributed by atoms with Crippen molar-refractivity contribution in [2.45, 2.75) is 12.8 Å². The van der Waals surface area contributed by atoms with Crippen LogP contribution in [0, 0.1) is 0 Å². The van der Waals surface area contributed by atoms with Gasteiger partial charge in [-0.1, -0.05) is 0 Å². The molecule has 0 aromatic carbocycles. The van der Waals surface area contributed by atoms with Gasteiger partial charge >= 0.3 is 0 Å². The lowest BCUT2D eigenvalue weighted by atomic mass is 10.1. The molecule has 0 atom stereocenters. The van der Waals surface area contributed by atoms with Crippen molar-refractivity contribution in [1.82, 2.24) is 0 Å². The van der Waals surface area contributed by atoms with E-state index in [2.05, 4.69) is 15.9 Å². The second-order valence-corrected chi connectivity index (χ2v) is 4.05. The average molecular weight is 248 g/mol.